The van der Waals surface area contributed by atoms with E-state index in [1.165, 1.54) is 0 Å². The fourth-order valence-electron chi connectivity index (χ4n) is 0. The van der Waals surface area contributed by atoms with Crippen LogP contribution in [0, 0.1) is 0 Å². The Balaban J connectivity index is 0. The van der Waals surface area contributed by atoms with E-state index < -0.39 is 0 Å². The van der Waals surface area contributed by atoms with Gasteiger partial charge in [0.2, 0.25) is 0 Å². The van der Waals surface area contributed by atoms with Crippen molar-refractivity contribution in [2.45, 2.75) is 14.9 Å². The van der Waals surface area contributed by atoms with Crippen molar-refractivity contribution in [3.8, 4) is 0 Å². The van der Waals surface area contributed by atoms with E-state index >= 15 is 0 Å². The first-order valence-corrected chi connectivity index (χ1v) is 0. The largest absolute Gasteiger partial charge is 0.114 e. The highest BCUT2D eigenvalue weighted by Gasteiger charge is -0.0148. The zero-order chi connectivity index (χ0) is 0. The monoisotopic (exact) mass is 224 g/mol. The minimum absolute atomic E-state index is 0. The molecule has 0 aliphatic heterocycles. The smallest absolute Gasteiger partial charge is 0.0149 e. The molecule has 0 aliphatic rings. The first kappa shape index (κ1) is 120. The third-order valence-corrected chi connectivity index (χ3v) is 0. The molecule has 0 unspecified atom stereocenters. The van der Waals surface area contributed by atoms with Gasteiger partial charge in [0.1, 0.15) is 0 Å². The molecule has 0 saturated heterocycles. The third kappa shape index (κ3) is 37.7. The van der Waals surface area contributed by atoms with E-state index in [2.05, 4.69) is 0 Å². The minimum atomic E-state index is 0. The summed E-state index contributed by atoms with van der Waals surface area (Å²) in [6, 6.07) is 0. The normalized spacial score (nSPS) is 0. The lowest BCUT2D eigenvalue weighted by atomic mass is 12.0. The summed E-state index contributed by atoms with van der Waals surface area (Å²) in [6.45, 7) is 0. The van der Waals surface area contributed by atoms with E-state index in [4.69, 9.17) is 0 Å². The fourth-order valence-corrected chi connectivity index (χ4v) is 0. The van der Waals surface area contributed by atoms with E-state index in [1.807, 2.05) is 0 Å². The van der Waals surface area contributed by atoms with E-state index in [1.54, 1.807) is 0 Å². The van der Waals surface area contributed by atoms with Gasteiger partial charge in [0.05, 0.1) is 0 Å². The second kappa shape index (κ2) is 65.2. The molecule has 0 heterocycles. The second-order valence-corrected chi connectivity index (χ2v) is 0. The molecule has 0 spiro atoms. The molecule has 0 bridgehead atoms. The molecule has 0 amide bonds. The first-order chi connectivity index (χ1) is 0. The summed E-state index contributed by atoms with van der Waals surface area (Å²) in [5.74, 6) is 0. The molecule has 0 aliphatic carbocycles. The number of halogens is 2. The molecule has 0 N–H and O–H groups in total. The van der Waals surface area contributed by atoms with Crippen LogP contribution in [0.25, 0.3) is 0 Å². The average molecular weight is 226 g/mol. The van der Waals surface area contributed by atoms with Crippen molar-refractivity contribution in [2.24, 2.45) is 0 Å². The molecular formula is C2H14Br2Si. The van der Waals surface area contributed by atoms with Crippen molar-refractivity contribution in [1.29, 1.82) is 0 Å². The Morgan fingerprint density at radius 2 is 0.600 bits per heavy atom. The lowest BCUT2D eigenvalue weighted by Crippen LogP contribution is -0.381. The van der Waals surface area contributed by atoms with Gasteiger partial charge in [-0.15, -0.1) is 34.0 Å². The zero-order valence-electron chi connectivity index (χ0n) is 0.816. The van der Waals surface area contributed by atoms with Crippen molar-refractivity contribution in [2.75, 3.05) is 0 Å². The minimum Gasteiger partial charge on any atom is -0.114 e. The van der Waals surface area contributed by atoms with Crippen LogP contribution in [0.1, 0.15) is 14.9 Å². The van der Waals surface area contributed by atoms with Crippen molar-refractivity contribution in [3.63, 3.8) is 0 Å². The van der Waals surface area contributed by atoms with Crippen molar-refractivity contribution >= 4 is 44.9 Å². The topological polar surface area (TPSA) is 0 Å². The van der Waals surface area contributed by atoms with Gasteiger partial charge >= 0.3 is 0 Å². The van der Waals surface area contributed by atoms with Crippen LogP contribution in [0.4, 0.5) is 0 Å². The molecule has 0 radical (unpaired) electrons. The Labute approximate surface area is 59.9 Å². The van der Waals surface area contributed by atoms with E-state index in [9.17, 15) is 0 Å². The summed E-state index contributed by atoms with van der Waals surface area (Å²) in [5.41, 5.74) is 0. The summed E-state index contributed by atoms with van der Waals surface area (Å²) in [6.07, 6.45) is 0. The Morgan fingerprint density at radius 3 is 0.600 bits per heavy atom. The van der Waals surface area contributed by atoms with Gasteiger partial charge in [-0.3, -0.25) is 0 Å². The van der Waals surface area contributed by atoms with Crippen LogP contribution in [-0.4, -0.2) is 11.0 Å². The van der Waals surface area contributed by atoms with Gasteiger partial charge in [0.25, 0.3) is 0 Å². The van der Waals surface area contributed by atoms with Crippen molar-refractivity contribution in [3.05, 3.63) is 0 Å². The van der Waals surface area contributed by atoms with Gasteiger partial charge in [-0.2, -0.15) is 0 Å². The number of hydrogen-bond donors (Lipinski definition) is 0. The van der Waals surface area contributed by atoms with Crippen LogP contribution in [0.15, 0.2) is 0 Å². The van der Waals surface area contributed by atoms with Gasteiger partial charge in [0.15, 0.2) is 0 Å². The SMILES string of the molecule is Br.Br.C.C.[SiH4]. The first-order valence-electron chi connectivity index (χ1n) is 0. The highest BCUT2D eigenvalue weighted by atomic mass is 79.9. The molecule has 0 nitrogen and oxygen atoms in total. The maximum absolute atomic E-state index is 0. The van der Waals surface area contributed by atoms with Crippen molar-refractivity contribution in [1.82, 2.24) is 0 Å². The molecule has 0 aromatic carbocycles. The van der Waals surface area contributed by atoms with Crippen LogP contribution in [0.5, 0.6) is 0 Å². The Kier molecular flexibility index (Phi) is 1560. The molecule has 5 heavy (non-hydrogen) atoms. The second-order valence-electron chi connectivity index (χ2n) is 0. The predicted molar refractivity (Wildman–Crippen MR) is 45.4 cm³/mol. The molecule has 0 aromatic rings. The third-order valence-electron chi connectivity index (χ3n) is 0. The maximum Gasteiger partial charge on any atom is -0.0149 e. The van der Waals surface area contributed by atoms with E-state index in [0.29, 0.717) is 0 Å². The van der Waals surface area contributed by atoms with Gasteiger partial charge in [-0.05, 0) is 11.0 Å². The van der Waals surface area contributed by atoms with Gasteiger partial charge in [0, 0.05) is 0 Å². The molecule has 40 valence electrons. The summed E-state index contributed by atoms with van der Waals surface area (Å²) < 4.78 is 0. The van der Waals surface area contributed by atoms with Crippen LogP contribution in [-0.2, 0) is 0 Å². The molecule has 0 saturated carbocycles. The van der Waals surface area contributed by atoms with Crippen LogP contribution in [0.2, 0.25) is 0 Å². The number of rotatable bonds is 0. The lowest BCUT2D eigenvalue weighted by molar-refractivity contribution is 2.50. The summed E-state index contributed by atoms with van der Waals surface area (Å²) in [5, 5.41) is 0. The molecule has 0 rings (SSSR count). The molecule has 3 heteroatoms. The van der Waals surface area contributed by atoms with Crippen LogP contribution in [0.3, 0.4) is 0 Å². The maximum atomic E-state index is 0. The molecule has 0 atom stereocenters. The number of hydrogen-bond acceptors (Lipinski definition) is 0. The lowest BCUT2D eigenvalue weighted by Gasteiger charge is -0.115. The van der Waals surface area contributed by atoms with Gasteiger partial charge in [-0.1, -0.05) is 14.9 Å². The fraction of sp³-hybridized carbons (Fsp3) is 1.00. The van der Waals surface area contributed by atoms with Crippen molar-refractivity contribution < 1.29 is 0 Å². The zero-order valence-corrected chi connectivity index (χ0v) is 4.24. The Morgan fingerprint density at radius 1 is 0.600 bits per heavy atom. The Hall–Kier alpha value is 1.18. The molecular weight excluding hydrogens is 212 g/mol. The Bertz CT molecular complexity index is 7.61. The quantitative estimate of drug-likeness (QED) is 0.540. The summed E-state index contributed by atoms with van der Waals surface area (Å²) in [4.78, 5) is 0. The van der Waals surface area contributed by atoms with Crippen LogP contribution < -0.4 is 0 Å². The van der Waals surface area contributed by atoms with E-state index in [-0.39, 0.29) is 59.8 Å². The summed E-state index contributed by atoms with van der Waals surface area (Å²) in [7, 11) is 0. The highest BCUT2D eigenvalue weighted by molar-refractivity contribution is 8.93. The van der Waals surface area contributed by atoms with Crippen LogP contribution >= 0.6 is 34.0 Å². The van der Waals surface area contributed by atoms with Gasteiger partial charge < -0.3 is 0 Å². The standard InChI is InChI=1S/2CH4.2BrH.H4Si/h2*1H4;2*1H;1H4. The predicted octanol–water partition coefficient (Wildman–Crippen LogP) is 0.976. The summed E-state index contributed by atoms with van der Waals surface area (Å²) >= 11 is 0. The molecule has 0 fully saturated rings. The average Bonchev–Trinajstić information content (AvgIpc) is 0. The highest BCUT2D eigenvalue weighted by Crippen LogP contribution is 0.847. The molecule has 0 aromatic heterocycles. The van der Waals surface area contributed by atoms with Gasteiger partial charge in [-0.25, -0.2) is 0 Å². The van der Waals surface area contributed by atoms with E-state index in [0.717, 1.165) is 0 Å².